The molecule has 166 valence electrons. The number of esters is 2. The van der Waals surface area contributed by atoms with E-state index in [1.165, 1.54) is 0 Å². The van der Waals surface area contributed by atoms with Crippen LogP contribution in [0.3, 0.4) is 0 Å². The Labute approximate surface area is 182 Å². The molecule has 3 atom stereocenters. The Hall–Kier alpha value is -3.09. The molecule has 31 heavy (non-hydrogen) atoms. The Morgan fingerprint density at radius 2 is 1.74 bits per heavy atom. The fourth-order valence-electron chi connectivity index (χ4n) is 4.39. The van der Waals surface area contributed by atoms with E-state index in [0.717, 1.165) is 11.3 Å². The number of hydrogen-bond acceptors (Lipinski definition) is 7. The molecule has 0 saturated heterocycles. The van der Waals surface area contributed by atoms with Gasteiger partial charge in [0.25, 0.3) is 0 Å². The monoisotopic (exact) mass is 427 g/mol. The molecule has 1 aliphatic heterocycles. The van der Waals surface area contributed by atoms with Crippen molar-refractivity contribution in [1.29, 1.82) is 0 Å². The van der Waals surface area contributed by atoms with Gasteiger partial charge in [-0.25, -0.2) is 4.79 Å². The molecule has 0 saturated carbocycles. The number of dihydropyridines is 1. The molecule has 1 aromatic carbocycles. The molecule has 0 amide bonds. The zero-order valence-corrected chi connectivity index (χ0v) is 18.6. The summed E-state index contributed by atoms with van der Waals surface area (Å²) in [4.78, 5) is 39.1. The molecule has 1 heterocycles. The number of carbonyl (C=O) groups excluding carboxylic acids is 3. The number of ether oxygens (including phenoxy) is 3. The van der Waals surface area contributed by atoms with E-state index >= 15 is 0 Å². The van der Waals surface area contributed by atoms with Crippen molar-refractivity contribution in [1.82, 2.24) is 5.32 Å². The lowest BCUT2D eigenvalue weighted by Gasteiger charge is -2.38. The third-order valence-corrected chi connectivity index (χ3v) is 5.77. The lowest BCUT2D eigenvalue weighted by atomic mass is 9.69. The van der Waals surface area contributed by atoms with Crippen molar-refractivity contribution in [3.63, 3.8) is 0 Å². The van der Waals surface area contributed by atoms with Gasteiger partial charge in [-0.15, -0.1) is 0 Å². The number of nitrogens with one attached hydrogen (secondary N) is 1. The zero-order chi connectivity index (χ0) is 22.7. The van der Waals surface area contributed by atoms with Gasteiger partial charge in [-0.3, -0.25) is 9.59 Å². The molecule has 7 heteroatoms. The highest BCUT2D eigenvalue weighted by atomic mass is 16.5. The molecule has 2 aliphatic rings. The molecule has 1 aromatic rings. The second-order valence-corrected chi connectivity index (χ2v) is 7.76. The minimum absolute atomic E-state index is 0.203. The summed E-state index contributed by atoms with van der Waals surface area (Å²) >= 11 is 0. The third kappa shape index (κ3) is 4.22. The number of allylic oxidation sites excluding steroid dienone is 3. The molecule has 1 aliphatic carbocycles. The van der Waals surface area contributed by atoms with Crippen molar-refractivity contribution in [2.24, 2.45) is 11.8 Å². The molecule has 0 radical (unpaired) electrons. The number of carbonyl (C=O) groups is 3. The van der Waals surface area contributed by atoms with Crippen molar-refractivity contribution in [3.05, 3.63) is 52.4 Å². The molecule has 0 aromatic heterocycles. The Morgan fingerprint density at radius 3 is 2.32 bits per heavy atom. The van der Waals surface area contributed by atoms with Crippen molar-refractivity contribution in [2.75, 3.05) is 20.3 Å². The van der Waals surface area contributed by atoms with Crippen LogP contribution in [0.25, 0.3) is 0 Å². The standard InChI is InChI=1S/C24H29NO6/c1-6-30-23(27)18-13(3)12-17-21(22(18)26)20(15-8-10-16(29-5)11-9-15)19(14(4)25-17)24(28)31-7-2/h8-11,13,18,20,25H,6-7,12H2,1-5H3/t13-,18-,20+/m0/s1. The van der Waals surface area contributed by atoms with Gasteiger partial charge in [-0.1, -0.05) is 19.1 Å². The maximum Gasteiger partial charge on any atom is 0.336 e. The lowest BCUT2D eigenvalue weighted by Crippen LogP contribution is -2.43. The number of rotatable bonds is 6. The van der Waals surface area contributed by atoms with Crippen LogP contribution < -0.4 is 10.1 Å². The smallest absolute Gasteiger partial charge is 0.336 e. The predicted molar refractivity (Wildman–Crippen MR) is 114 cm³/mol. The summed E-state index contributed by atoms with van der Waals surface area (Å²) in [5, 5.41) is 3.24. The van der Waals surface area contributed by atoms with Gasteiger partial charge in [0, 0.05) is 22.9 Å². The maximum atomic E-state index is 13.6. The molecular formula is C24H29NO6. The maximum absolute atomic E-state index is 13.6. The van der Waals surface area contributed by atoms with E-state index < -0.39 is 23.8 Å². The largest absolute Gasteiger partial charge is 0.497 e. The van der Waals surface area contributed by atoms with Gasteiger partial charge in [-0.05, 0) is 50.8 Å². The van der Waals surface area contributed by atoms with Crippen LogP contribution in [0, 0.1) is 11.8 Å². The van der Waals surface area contributed by atoms with Gasteiger partial charge in [0.1, 0.15) is 11.7 Å². The average molecular weight is 427 g/mol. The second-order valence-electron chi connectivity index (χ2n) is 7.76. The van der Waals surface area contributed by atoms with Crippen molar-refractivity contribution in [3.8, 4) is 5.75 Å². The first-order valence-electron chi connectivity index (χ1n) is 10.6. The number of hydrogen-bond donors (Lipinski definition) is 1. The van der Waals surface area contributed by atoms with Gasteiger partial charge in [0.2, 0.25) is 0 Å². The van der Waals surface area contributed by atoms with E-state index in [9.17, 15) is 14.4 Å². The van der Waals surface area contributed by atoms with E-state index in [1.54, 1.807) is 40.0 Å². The molecule has 0 bridgehead atoms. The summed E-state index contributed by atoms with van der Waals surface area (Å²) in [7, 11) is 1.57. The van der Waals surface area contributed by atoms with Crippen LogP contribution in [0.15, 0.2) is 46.8 Å². The predicted octanol–water partition coefficient (Wildman–Crippen LogP) is 3.26. The number of benzene rings is 1. The average Bonchev–Trinajstić information content (AvgIpc) is 2.73. The molecule has 1 N–H and O–H groups in total. The minimum atomic E-state index is -0.900. The third-order valence-electron chi connectivity index (χ3n) is 5.77. The summed E-state index contributed by atoms with van der Waals surface area (Å²) < 4.78 is 15.7. The van der Waals surface area contributed by atoms with Crippen molar-refractivity contribution < 1.29 is 28.6 Å². The quantitative estimate of drug-likeness (QED) is 0.550. The van der Waals surface area contributed by atoms with E-state index in [1.807, 2.05) is 19.1 Å². The van der Waals surface area contributed by atoms with Gasteiger partial charge >= 0.3 is 11.9 Å². The summed E-state index contributed by atoms with van der Waals surface area (Å²) in [6.45, 7) is 7.54. The van der Waals surface area contributed by atoms with Crippen LogP contribution in [0.4, 0.5) is 0 Å². The fourth-order valence-corrected chi connectivity index (χ4v) is 4.39. The molecule has 7 nitrogen and oxygen atoms in total. The summed E-state index contributed by atoms with van der Waals surface area (Å²) in [5.74, 6) is -2.41. The van der Waals surface area contributed by atoms with Crippen LogP contribution in [0.2, 0.25) is 0 Å². The van der Waals surface area contributed by atoms with Crippen LogP contribution in [-0.4, -0.2) is 38.0 Å². The molecule has 0 spiro atoms. The van der Waals surface area contributed by atoms with Gasteiger partial charge < -0.3 is 19.5 Å². The fraction of sp³-hybridized carbons (Fsp3) is 0.458. The highest BCUT2D eigenvalue weighted by Crippen LogP contribution is 2.45. The van der Waals surface area contributed by atoms with E-state index in [0.29, 0.717) is 29.0 Å². The Bertz CT molecular complexity index is 943. The van der Waals surface area contributed by atoms with E-state index in [-0.39, 0.29) is 24.9 Å². The molecule has 0 unspecified atom stereocenters. The summed E-state index contributed by atoms with van der Waals surface area (Å²) in [5.41, 5.74) is 2.94. The Kier molecular flexibility index (Phi) is 6.83. The van der Waals surface area contributed by atoms with E-state index in [4.69, 9.17) is 14.2 Å². The van der Waals surface area contributed by atoms with Crippen LogP contribution in [0.5, 0.6) is 5.75 Å². The topological polar surface area (TPSA) is 90.9 Å². The van der Waals surface area contributed by atoms with Crippen molar-refractivity contribution in [2.45, 2.75) is 40.0 Å². The van der Waals surface area contributed by atoms with Crippen LogP contribution in [0.1, 0.15) is 45.6 Å². The second kappa shape index (κ2) is 9.37. The Balaban J connectivity index is 2.14. The highest BCUT2D eigenvalue weighted by Gasteiger charge is 2.47. The zero-order valence-electron chi connectivity index (χ0n) is 18.6. The summed E-state index contributed by atoms with van der Waals surface area (Å²) in [6, 6.07) is 7.23. The molecule has 0 fully saturated rings. The number of methoxy groups -OCH3 is 1. The van der Waals surface area contributed by atoms with Gasteiger partial charge in [0.05, 0.1) is 25.9 Å². The Morgan fingerprint density at radius 1 is 1.10 bits per heavy atom. The number of Topliss-reactive ketones (excluding diaryl/α,β-unsaturated/α-hetero) is 1. The van der Waals surface area contributed by atoms with E-state index in [2.05, 4.69) is 5.32 Å². The van der Waals surface area contributed by atoms with Crippen LogP contribution >= 0.6 is 0 Å². The first kappa shape index (κ1) is 22.6. The normalized spacial score (nSPS) is 23.1. The summed E-state index contributed by atoms with van der Waals surface area (Å²) in [6.07, 6.45) is 0.505. The first-order chi connectivity index (χ1) is 14.8. The molecular weight excluding hydrogens is 398 g/mol. The van der Waals surface area contributed by atoms with Crippen LogP contribution in [-0.2, 0) is 23.9 Å². The lowest BCUT2D eigenvalue weighted by molar-refractivity contribution is -0.153. The molecule has 3 rings (SSSR count). The van der Waals surface area contributed by atoms with Gasteiger partial charge in [0.15, 0.2) is 5.78 Å². The minimum Gasteiger partial charge on any atom is -0.497 e. The van der Waals surface area contributed by atoms with Gasteiger partial charge in [-0.2, -0.15) is 0 Å². The SMILES string of the molecule is CCOC(=O)C1=C(C)NC2=C(C(=O)[C@@H](C(=O)OCC)[C@@H](C)C2)[C@@H]1c1ccc(OC)cc1. The number of ketones is 1. The first-order valence-corrected chi connectivity index (χ1v) is 10.6. The van der Waals surface area contributed by atoms with Crippen molar-refractivity contribution >= 4 is 17.7 Å². The highest BCUT2D eigenvalue weighted by molar-refractivity contribution is 6.12.